The van der Waals surface area contributed by atoms with Crippen molar-refractivity contribution in [2.75, 3.05) is 6.61 Å². The van der Waals surface area contributed by atoms with Crippen molar-refractivity contribution in [2.45, 2.75) is 83.5 Å². The van der Waals surface area contributed by atoms with Gasteiger partial charge >= 0.3 is 0 Å². The van der Waals surface area contributed by atoms with Gasteiger partial charge in [-0.2, -0.15) is 0 Å². The molecule has 3 heteroatoms. The van der Waals surface area contributed by atoms with E-state index in [1.807, 2.05) is 18.2 Å². The summed E-state index contributed by atoms with van der Waals surface area (Å²) in [5, 5.41) is 10.2. The fourth-order valence-corrected chi connectivity index (χ4v) is 9.96. The van der Waals surface area contributed by atoms with E-state index in [0.717, 1.165) is 11.6 Å². The van der Waals surface area contributed by atoms with Gasteiger partial charge in [-0.1, -0.05) is 91.6 Å². The van der Waals surface area contributed by atoms with Gasteiger partial charge in [0.05, 0.1) is 12.7 Å². The maximum Gasteiger partial charge on any atom is 0.204 e. The molecule has 0 aliphatic rings. The number of hydrogen-bond donors (Lipinski definition) is 1. The molecule has 0 aliphatic heterocycles. The molecule has 0 radical (unpaired) electrons. The van der Waals surface area contributed by atoms with Crippen LogP contribution in [0.4, 0.5) is 0 Å². The van der Waals surface area contributed by atoms with Crippen LogP contribution in [-0.4, -0.2) is 20.0 Å². The number of benzene rings is 1. The van der Waals surface area contributed by atoms with Gasteiger partial charge < -0.3 is 9.53 Å². The topological polar surface area (TPSA) is 29.5 Å². The van der Waals surface area contributed by atoms with E-state index in [4.69, 9.17) is 4.43 Å². The highest BCUT2D eigenvalue weighted by atomic mass is 28.4. The van der Waals surface area contributed by atoms with E-state index in [0.29, 0.717) is 0 Å². The van der Waals surface area contributed by atoms with Gasteiger partial charge in [0.1, 0.15) is 0 Å². The van der Waals surface area contributed by atoms with Crippen molar-refractivity contribution < 1.29 is 9.53 Å². The predicted molar refractivity (Wildman–Crippen MR) is 102 cm³/mol. The summed E-state index contributed by atoms with van der Waals surface area (Å²) in [7, 11) is -2.15. The van der Waals surface area contributed by atoms with Gasteiger partial charge in [-0.05, 0) is 21.7 Å². The fraction of sp³-hybridized carbons (Fsp3) is 0.700. The minimum atomic E-state index is -2.15. The minimum absolute atomic E-state index is 0.0387. The van der Waals surface area contributed by atoms with Crippen LogP contribution in [0.5, 0.6) is 0 Å². The molecule has 132 valence electrons. The molecular formula is C20H36O2Si. The molecule has 0 spiro atoms. The van der Waals surface area contributed by atoms with Crippen LogP contribution in [0.25, 0.3) is 0 Å². The summed E-state index contributed by atoms with van der Waals surface area (Å²) in [4.78, 5) is 0. The molecule has 1 unspecified atom stereocenters. The minimum Gasteiger partial charge on any atom is -0.407 e. The van der Waals surface area contributed by atoms with Crippen LogP contribution in [-0.2, 0) is 4.43 Å². The molecule has 0 aromatic heterocycles. The van der Waals surface area contributed by atoms with Crippen LogP contribution in [0.1, 0.15) is 73.0 Å². The highest BCUT2D eigenvalue weighted by Crippen LogP contribution is 2.56. The molecule has 0 aliphatic carbocycles. The zero-order valence-electron chi connectivity index (χ0n) is 16.1. The van der Waals surface area contributed by atoms with Crippen molar-refractivity contribution in [1.29, 1.82) is 0 Å². The van der Waals surface area contributed by atoms with Crippen LogP contribution in [0.3, 0.4) is 0 Å². The summed E-state index contributed by atoms with van der Waals surface area (Å²) < 4.78 is 6.89. The van der Waals surface area contributed by atoms with Gasteiger partial charge in [0.2, 0.25) is 8.32 Å². The van der Waals surface area contributed by atoms with Crippen molar-refractivity contribution in [3.63, 3.8) is 0 Å². The third kappa shape index (κ3) is 4.68. The van der Waals surface area contributed by atoms with Crippen molar-refractivity contribution in [1.82, 2.24) is 0 Å². The maximum absolute atomic E-state index is 10.00. The zero-order chi connectivity index (χ0) is 17.7. The van der Waals surface area contributed by atoms with Crippen LogP contribution in [0, 0.1) is 0 Å². The Labute approximate surface area is 144 Å². The van der Waals surface area contributed by atoms with E-state index >= 15 is 0 Å². The van der Waals surface area contributed by atoms with E-state index in [1.165, 1.54) is 12.8 Å². The van der Waals surface area contributed by atoms with E-state index in [1.54, 1.807) is 0 Å². The van der Waals surface area contributed by atoms with Gasteiger partial charge in [0, 0.05) is 0 Å². The molecule has 2 nitrogen and oxygen atoms in total. The Balaban J connectivity index is 3.27. The molecule has 0 fully saturated rings. The Morgan fingerprint density at radius 1 is 1.00 bits per heavy atom. The third-order valence-corrected chi connectivity index (χ3v) is 11.6. The highest BCUT2D eigenvalue weighted by Gasteiger charge is 2.55. The first-order valence-electron chi connectivity index (χ1n) is 8.92. The molecule has 1 atom stereocenters. The molecule has 1 rings (SSSR count). The second-order valence-electron chi connectivity index (χ2n) is 8.63. The lowest BCUT2D eigenvalue weighted by Crippen LogP contribution is -2.55. The summed E-state index contributed by atoms with van der Waals surface area (Å²) in [6, 6.07) is 11.3. The van der Waals surface area contributed by atoms with Crippen LogP contribution >= 0.6 is 0 Å². The molecule has 1 aromatic carbocycles. The van der Waals surface area contributed by atoms with Gasteiger partial charge in [-0.25, -0.2) is 0 Å². The average molecular weight is 337 g/mol. The predicted octanol–water partition coefficient (Wildman–Crippen LogP) is 6.08. The number of aliphatic hydroxyl groups excluding tert-OH is 1. The molecule has 0 bridgehead atoms. The van der Waals surface area contributed by atoms with E-state index in [-0.39, 0.29) is 22.8 Å². The van der Waals surface area contributed by atoms with Gasteiger partial charge in [0.25, 0.3) is 0 Å². The standard InChI is InChI=1S/C20H36O2Si/c1-8-9-15-23(19(2,3)4,20(5,6)7)22-18(16-21)17-13-11-10-12-14-17/h10-14,18,21H,8-9,15-16H2,1-7H3. The normalized spacial score (nSPS) is 14.8. The molecule has 1 aromatic rings. The lowest BCUT2D eigenvalue weighted by Gasteiger charge is -2.52. The van der Waals surface area contributed by atoms with Crippen LogP contribution < -0.4 is 0 Å². The Hall–Kier alpha value is -0.643. The number of hydrogen-bond acceptors (Lipinski definition) is 2. The average Bonchev–Trinajstić information content (AvgIpc) is 2.46. The lowest BCUT2D eigenvalue weighted by molar-refractivity contribution is 0.0925. The monoisotopic (exact) mass is 336 g/mol. The van der Waals surface area contributed by atoms with E-state index < -0.39 is 8.32 Å². The van der Waals surface area contributed by atoms with Crippen molar-refractivity contribution in [3.05, 3.63) is 35.9 Å². The van der Waals surface area contributed by atoms with Crippen molar-refractivity contribution >= 4 is 8.32 Å². The molecule has 0 saturated heterocycles. The number of rotatable bonds is 7. The molecule has 0 heterocycles. The van der Waals surface area contributed by atoms with Gasteiger partial charge in [-0.3, -0.25) is 0 Å². The zero-order valence-corrected chi connectivity index (χ0v) is 17.1. The quantitative estimate of drug-likeness (QED) is 0.611. The van der Waals surface area contributed by atoms with Crippen LogP contribution in [0.2, 0.25) is 16.1 Å². The van der Waals surface area contributed by atoms with E-state index in [9.17, 15) is 5.11 Å². The first-order chi connectivity index (χ1) is 10.6. The Bertz CT molecular complexity index is 443. The molecule has 23 heavy (non-hydrogen) atoms. The Morgan fingerprint density at radius 3 is 1.91 bits per heavy atom. The van der Waals surface area contributed by atoms with Gasteiger partial charge in [-0.15, -0.1) is 0 Å². The second kappa shape index (κ2) is 7.95. The Kier molecular flexibility index (Phi) is 7.06. The molecular weight excluding hydrogens is 300 g/mol. The van der Waals surface area contributed by atoms with Gasteiger partial charge in [0.15, 0.2) is 0 Å². The first-order valence-corrected chi connectivity index (χ1v) is 11.0. The molecule has 0 amide bonds. The van der Waals surface area contributed by atoms with Crippen LogP contribution in [0.15, 0.2) is 30.3 Å². The van der Waals surface area contributed by atoms with Crippen molar-refractivity contribution in [3.8, 4) is 0 Å². The number of aliphatic hydroxyl groups is 1. The summed E-state index contributed by atoms with van der Waals surface area (Å²) in [5.74, 6) is 0. The smallest absolute Gasteiger partial charge is 0.204 e. The molecule has 0 saturated carbocycles. The third-order valence-electron chi connectivity index (χ3n) is 4.99. The largest absolute Gasteiger partial charge is 0.407 e. The SMILES string of the molecule is CCCC[Si](OC(CO)c1ccccc1)(C(C)(C)C)C(C)(C)C. The Morgan fingerprint density at radius 2 is 1.52 bits per heavy atom. The summed E-state index contributed by atoms with van der Waals surface area (Å²) >= 11 is 0. The maximum atomic E-state index is 10.00. The first kappa shape index (κ1) is 20.4. The molecule has 1 N–H and O–H groups in total. The van der Waals surface area contributed by atoms with E-state index in [2.05, 4.69) is 60.6 Å². The second-order valence-corrected chi connectivity index (χ2v) is 14.0. The number of unbranched alkanes of at least 4 members (excludes halogenated alkanes) is 1. The summed E-state index contributed by atoms with van der Waals surface area (Å²) in [5.41, 5.74) is 1.08. The fourth-order valence-electron chi connectivity index (χ4n) is 3.83. The lowest BCUT2D eigenvalue weighted by atomic mass is 10.1. The summed E-state index contributed by atoms with van der Waals surface area (Å²) in [6.45, 7) is 16.2. The van der Waals surface area contributed by atoms with Crippen molar-refractivity contribution in [2.24, 2.45) is 0 Å². The summed E-state index contributed by atoms with van der Waals surface area (Å²) in [6.07, 6.45) is 2.14. The highest BCUT2D eigenvalue weighted by molar-refractivity contribution is 6.79.